The molecule has 0 saturated heterocycles. The fraction of sp³-hybridized carbons (Fsp3) is 0.120. The number of nitrogens with zero attached hydrogens (tertiary/aromatic N) is 3. The summed E-state index contributed by atoms with van der Waals surface area (Å²) < 4.78 is 33.7. The number of aromatic nitrogens is 3. The van der Waals surface area contributed by atoms with E-state index in [2.05, 4.69) is 36.2 Å². The van der Waals surface area contributed by atoms with E-state index >= 15 is 0 Å². The van der Waals surface area contributed by atoms with Gasteiger partial charge >= 0.3 is 0 Å². The second-order valence-corrected chi connectivity index (χ2v) is 8.15. The molecule has 1 aromatic heterocycles. The molecule has 1 heterocycles. The lowest BCUT2D eigenvalue weighted by Gasteiger charge is -2.17. The number of carbonyl (C=O) groups excluding carboxylic acids is 1. The fourth-order valence-corrected chi connectivity index (χ4v) is 3.37. The first-order chi connectivity index (χ1) is 17.8. The molecule has 0 aliphatic heterocycles. The molecule has 0 saturated carbocycles. The molecule has 1 atom stereocenters. The summed E-state index contributed by atoms with van der Waals surface area (Å²) in [4.78, 5) is 25.6. The first-order valence-corrected chi connectivity index (χ1v) is 11.4. The molecule has 4 rings (SSSR count). The van der Waals surface area contributed by atoms with E-state index in [-0.39, 0.29) is 29.2 Å². The average molecular weight is 526 g/mol. The minimum atomic E-state index is -0.839. The predicted molar refractivity (Wildman–Crippen MR) is 139 cm³/mol. The number of halogens is 3. The van der Waals surface area contributed by atoms with Gasteiger partial charge in [-0.1, -0.05) is 35.9 Å². The number of anilines is 6. The van der Waals surface area contributed by atoms with Gasteiger partial charge in [0.15, 0.2) is 0 Å². The van der Waals surface area contributed by atoms with Crippen molar-refractivity contribution in [2.24, 2.45) is 0 Å². The van der Waals surface area contributed by atoms with Crippen LogP contribution in [0.5, 0.6) is 5.75 Å². The molecule has 0 radical (unpaired) electrons. The standard InChI is InChI=1S/C25H22ClF2N7O2/c1-14(22(36)30-20-13-15(26)11-12-21(20)37-2)29-23-33-24(31-18-9-5-3-7-16(18)27)35-25(34-23)32-19-10-6-4-8-17(19)28/h3-14H,1-2H3,(H,30,36)(H3,29,31,32,33,34,35)/t14-/m0/s1. The molecule has 190 valence electrons. The van der Waals surface area contributed by atoms with Crippen LogP contribution < -0.4 is 26.0 Å². The number of ether oxygens (including phenoxy) is 1. The molecule has 0 unspecified atom stereocenters. The highest BCUT2D eigenvalue weighted by Crippen LogP contribution is 2.28. The Morgan fingerprint density at radius 2 is 1.38 bits per heavy atom. The van der Waals surface area contributed by atoms with Crippen LogP contribution in [0.1, 0.15) is 6.92 Å². The van der Waals surface area contributed by atoms with Crippen molar-refractivity contribution in [3.8, 4) is 5.75 Å². The highest BCUT2D eigenvalue weighted by atomic mass is 35.5. The fourth-order valence-electron chi connectivity index (χ4n) is 3.20. The van der Waals surface area contributed by atoms with Crippen LogP contribution in [0.4, 0.5) is 43.7 Å². The number of rotatable bonds is 9. The van der Waals surface area contributed by atoms with E-state index in [4.69, 9.17) is 16.3 Å². The lowest BCUT2D eigenvalue weighted by atomic mass is 10.2. The molecule has 37 heavy (non-hydrogen) atoms. The summed E-state index contributed by atoms with van der Waals surface area (Å²) in [7, 11) is 1.47. The molecule has 0 spiro atoms. The Hall–Kier alpha value is -4.51. The zero-order valence-corrected chi connectivity index (χ0v) is 20.5. The quantitative estimate of drug-likeness (QED) is 0.219. The number of para-hydroxylation sites is 2. The van der Waals surface area contributed by atoms with Crippen molar-refractivity contribution in [2.75, 3.05) is 28.4 Å². The Bertz CT molecular complexity index is 1360. The molecule has 12 heteroatoms. The Balaban J connectivity index is 1.59. The first kappa shape index (κ1) is 25.6. The topological polar surface area (TPSA) is 113 Å². The lowest BCUT2D eigenvalue weighted by molar-refractivity contribution is -0.116. The van der Waals surface area contributed by atoms with Gasteiger partial charge in [0, 0.05) is 5.02 Å². The number of nitrogens with one attached hydrogen (secondary N) is 4. The molecule has 1 amide bonds. The number of benzene rings is 3. The first-order valence-electron chi connectivity index (χ1n) is 11.0. The van der Waals surface area contributed by atoms with Crippen molar-refractivity contribution in [3.05, 3.63) is 83.4 Å². The third-order valence-corrected chi connectivity index (χ3v) is 5.27. The van der Waals surface area contributed by atoms with Crippen LogP contribution in [-0.4, -0.2) is 34.0 Å². The monoisotopic (exact) mass is 525 g/mol. The Kier molecular flexibility index (Phi) is 7.94. The van der Waals surface area contributed by atoms with Gasteiger partial charge in [-0.15, -0.1) is 0 Å². The molecule has 9 nitrogen and oxygen atoms in total. The SMILES string of the molecule is COc1ccc(Cl)cc1NC(=O)[C@H](C)Nc1nc(Nc2ccccc2F)nc(Nc2ccccc2F)n1. The molecule has 3 aromatic carbocycles. The molecule has 4 aromatic rings. The van der Waals surface area contributed by atoms with E-state index in [1.165, 1.54) is 31.4 Å². The van der Waals surface area contributed by atoms with Gasteiger partial charge in [0.05, 0.1) is 24.2 Å². The van der Waals surface area contributed by atoms with Crippen molar-refractivity contribution >= 4 is 52.4 Å². The van der Waals surface area contributed by atoms with Crippen molar-refractivity contribution in [3.63, 3.8) is 0 Å². The Morgan fingerprint density at radius 1 is 0.838 bits per heavy atom. The minimum absolute atomic E-state index is 0.0200. The maximum absolute atomic E-state index is 14.2. The number of methoxy groups -OCH3 is 1. The summed E-state index contributed by atoms with van der Waals surface area (Å²) >= 11 is 6.04. The predicted octanol–water partition coefficient (Wildman–Crippen LogP) is 5.74. The van der Waals surface area contributed by atoms with E-state index in [1.54, 1.807) is 49.4 Å². The highest BCUT2D eigenvalue weighted by molar-refractivity contribution is 6.31. The van der Waals surface area contributed by atoms with E-state index in [1.807, 2.05) is 0 Å². The number of carbonyl (C=O) groups is 1. The number of hydrogen-bond donors (Lipinski definition) is 4. The van der Waals surface area contributed by atoms with Gasteiger partial charge in [0.1, 0.15) is 23.4 Å². The Labute approximate surface area is 216 Å². The van der Waals surface area contributed by atoms with Crippen LogP contribution in [0, 0.1) is 11.6 Å². The van der Waals surface area contributed by atoms with Gasteiger partial charge in [-0.2, -0.15) is 15.0 Å². The third-order valence-electron chi connectivity index (χ3n) is 5.03. The summed E-state index contributed by atoms with van der Waals surface area (Å²) in [5.41, 5.74) is 0.624. The van der Waals surface area contributed by atoms with Crippen molar-refractivity contribution in [2.45, 2.75) is 13.0 Å². The summed E-state index contributed by atoms with van der Waals surface area (Å²) in [6.07, 6.45) is 0. The van der Waals surface area contributed by atoms with E-state index < -0.39 is 23.6 Å². The second kappa shape index (κ2) is 11.5. The molecule has 0 aliphatic rings. The highest BCUT2D eigenvalue weighted by Gasteiger charge is 2.18. The van der Waals surface area contributed by atoms with E-state index in [9.17, 15) is 13.6 Å². The van der Waals surface area contributed by atoms with Crippen LogP contribution in [0.25, 0.3) is 0 Å². The number of hydrogen-bond acceptors (Lipinski definition) is 8. The van der Waals surface area contributed by atoms with Crippen LogP contribution >= 0.6 is 11.6 Å². The third kappa shape index (κ3) is 6.58. The molecule has 0 fully saturated rings. The van der Waals surface area contributed by atoms with Gasteiger partial charge in [0.2, 0.25) is 23.8 Å². The normalized spacial score (nSPS) is 11.4. The summed E-state index contributed by atoms with van der Waals surface area (Å²) in [6.45, 7) is 1.59. The average Bonchev–Trinajstić information content (AvgIpc) is 2.87. The molecule has 4 N–H and O–H groups in total. The molecule has 0 bridgehead atoms. The zero-order chi connectivity index (χ0) is 26.4. The minimum Gasteiger partial charge on any atom is -0.495 e. The van der Waals surface area contributed by atoms with Gasteiger partial charge in [-0.3, -0.25) is 4.79 Å². The zero-order valence-electron chi connectivity index (χ0n) is 19.7. The van der Waals surface area contributed by atoms with Crippen molar-refractivity contribution < 1.29 is 18.3 Å². The van der Waals surface area contributed by atoms with Gasteiger partial charge < -0.3 is 26.0 Å². The largest absolute Gasteiger partial charge is 0.495 e. The van der Waals surface area contributed by atoms with Gasteiger partial charge in [-0.05, 0) is 49.4 Å². The van der Waals surface area contributed by atoms with Crippen LogP contribution in [0.15, 0.2) is 66.7 Å². The summed E-state index contributed by atoms with van der Waals surface area (Å²) in [6, 6.07) is 15.9. The second-order valence-electron chi connectivity index (χ2n) is 7.72. The Morgan fingerprint density at radius 3 is 1.92 bits per heavy atom. The smallest absolute Gasteiger partial charge is 0.246 e. The number of amides is 1. The molecular weight excluding hydrogens is 504 g/mol. The van der Waals surface area contributed by atoms with Crippen molar-refractivity contribution in [1.29, 1.82) is 0 Å². The van der Waals surface area contributed by atoms with Crippen LogP contribution in [-0.2, 0) is 4.79 Å². The van der Waals surface area contributed by atoms with Crippen molar-refractivity contribution in [1.82, 2.24) is 15.0 Å². The van der Waals surface area contributed by atoms with Crippen LogP contribution in [0.3, 0.4) is 0 Å². The maximum Gasteiger partial charge on any atom is 0.246 e. The van der Waals surface area contributed by atoms with E-state index in [0.717, 1.165) is 0 Å². The van der Waals surface area contributed by atoms with E-state index in [0.29, 0.717) is 16.5 Å². The molecular formula is C25H22ClF2N7O2. The summed E-state index contributed by atoms with van der Waals surface area (Å²) in [5, 5.41) is 11.6. The summed E-state index contributed by atoms with van der Waals surface area (Å²) in [5.74, 6) is -1.15. The maximum atomic E-state index is 14.2. The molecule has 0 aliphatic carbocycles. The lowest BCUT2D eigenvalue weighted by Crippen LogP contribution is -2.32. The van der Waals surface area contributed by atoms with Gasteiger partial charge in [0.25, 0.3) is 0 Å². The van der Waals surface area contributed by atoms with Gasteiger partial charge in [-0.25, -0.2) is 8.78 Å². The van der Waals surface area contributed by atoms with Crippen LogP contribution in [0.2, 0.25) is 5.02 Å².